The first kappa shape index (κ1) is 16.5. The van der Waals surface area contributed by atoms with Crippen LogP contribution in [0.25, 0.3) is 6.08 Å². The topological polar surface area (TPSA) is 57.8 Å². The lowest BCUT2D eigenvalue weighted by molar-refractivity contribution is -0.115. The predicted octanol–water partition coefficient (Wildman–Crippen LogP) is 4.53. The van der Waals surface area contributed by atoms with Crippen molar-refractivity contribution in [2.75, 3.05) is 18.0 Å². The Hall–Kier alpha value is -1.99. The molecule has 0 aliphatic carbocycles. The van der Waals surface area contributed by atoms with Crippen LogP contribution in [-0.2, 0) is 4.79 Å². The number of hydrogen-bond acceptors (Lipinski definition) is 5. The number of anilines is 1. The van der Waals surface area contributed by atoms with E-state index in [1.54, 1.807) is 6.08 Å². The minimum absolute atomic E-state index is 0.153. The number of furan rings is 1. The number of nitrogens with zero attached hydrogens (tertiary/aromatic N) is 2. The molecule has 1 N–H and O–H groups in total. The molecule has 2 fully saturated rings. The number of carbonyl (C=O) groups excluding carboxylic acids is 1. The van der Waals surface area contributed by atoms with Crippen LogP contribution in [0.4, 0.5) is 11.6 Å². The molecular formula is C18H16BrN3O2S. The van der Waals surface area contributed by atoms with Gasteiger partial charge in [0.2, 0.25) is 0 Å². The van der Waals surface area contributed by atoms with Gasteiger partial charge >= 0.3 is 0 Å². The van der Waals surface area contributed by atoms with Gasteiger partial charge in [0.05, 0.1) is 10.6 Å². The largest absolute Gasteiger partial charge is 0.441 e. The maximum atomic E-state index is 12.2. The van der Waals surface area contributed by atoms with Gasteiger partial charge in [-0.05, 0) is 54.9 Å². The van der Waals surface area contributed by atoms with E-state index in [-0.39, 0.29) is 5.91 Å². The van der Waals surface area contributed by atoms with Crippen molar-refractivity contribution in [1.82, 2.24) is 5.32 Å². The maximum Gasteiger partial charge on any atom is 0.264 e. The Labute approximate surface area is 158 Å². The van der Waals surface area contributed by atoms with E-state index < -0.39 is 0 Å². The van der Waals surface area contributed by atoms with Crippen LogP contribution in [0.3, 0.4) is 0 Å². The summed E-state index contributed by atoms with van der Waals surface area (Å²) in [7, 11) is 0. The SMILES string of the molecule is O=C1NC(=Nc2ccc(Br)cc2)S/C1=C\c1ccc(N2CCCC2)o1. The van der Waals surface area contributed by atoms with E-state index in [1.807, 2.05) is 36.4 Å². The van der Waals surface area contributed by atoms with Crippen LogP contribution in [0.2, 0.25) is 0 Å². The second-order valence-corrected chi connectivity index (χ2v) is 7.77. The first-order chi connectivity index (χ1) is 12.2. The Morgan fingerprint density at radius 1 is 1.16 bits per heavy atom. The van der Waals surface area contributed by atoms with Gasteiger partial charge in [-0.25, -0.2) is 4.99 Å². The van der Waals surface area contributed by atoms with Gasteiger partial charge in [0.15, 0.2) is 11.1 Å². The average Bonchev–Trinajstić information content (AvgIpc) is 3.32. The number of halogens is 1. The number of rotatable bonds is 3. The number of benzene rings is 1. The Kier molecular flexibility index (Phi) is 4.67. The minimum Gasteiger partial charge on any atom is -0.441 e. The normalized spacial score (nSPS) is 20.7. The van der Waals surface area contributed by atoms with Crippen molar-refractivity contribution in [2.45, 2.75) is 12.8 Å². The Morgan fingerprint density at radius 3 is 2.68 bits per heavy atom. The summed E-state index contributed by atoms with van der Waals surface area (Å²) in [4.78, 5) is 19.4. The van der Waals surface area contributed by atoms with Crippen molar-refractivity contribution >= 4 is 56.4 Å². The molecule has 0 radical (unpaired) electrons. The molecule has 3 heterocycles. The Balaban J connectivity index is 1.50. The molecule has 2 aliphatic rings. The van der Waals surface area contributed by atoms with Crippen LogP contribution in [0, 0.1) is 0 Å². The van der Waals surface area contributed by atoms with Gasteiger partial charge in [0.25, 0.3) is 5.91 Å². The fraction of sp³-hybridized carbons (Fsp3) is 0.222. The molecule has 0 atom stereocenters. The van der Waals surface area contributed by atoms with Gasteiger partial charge < -0.3 is 14.6 Å². The molecule has 2 aromatic rings. The standard InChI is InChI=1S/C18H16BrN3O2S/c19-12-3-5-13(6-4-12)20-18-21-17(23)15(25-18)11-14-7-8-16(24-14)22-9-1-2-10-22/h3-8,11H,1-2,9-10H2,(H,20,21,23)/b15-11-. The summed E-state index contributed by atoms with van der Waals surface area (Å²) < 4.78 is 6.85. The van der Waals surface area contributed by atoms with Crippen molar-refractivity contribution in [3.8, 4) is 0 Å². The van der Waals surface area contributed by atoms with Crippen molar-refractivity contribution in [1.29, 1.82) is 0 Å². The molecule has 0 bridgehead atoms. The molecule has 0 unspecified atom stereocenters. The lowest BCUT2D eigenvalue weighted by Gasteiger charge is -2.12. The smallest absolute Gasteiger partial charge is 0.264 e. The predicted molar refractivity (Wildman–Crippen MR) is 105 cm³/mol. The summed E-state index contributed by atoms with van der Waals surface area (Å²) in [6, 6.07) is 11.5. The molecule has 128 valence electrons. The van der Waals surface area contributed by atoms with Gasteiger partial charge in [0.1, 0.15) is 5.76 Å². The van der Waals surface area contributed by atoms with Crippen molar-refractivity contribution < 1.29 is 9.21 Å². The number of nitrogens with one attached hydrogen (secondary N) is 1. The van der Waals surface area contributed by atoms with Gasteiger partial charge in [-0.3, -0.25) is 4.79 Å². The van der Waals surface area contributed by atoms with Gasteiger partial charge in [-0.15, -0.1) is 0 Å². The monoisotopic (exact) mass is 417 g/mol. The van der Waals surface area contributed by atoms with Gasteiger partial charge in [-0.1, -0.05) is 15.9 Å². The zero-order chi connectivity index (χ0) is 17.2. The zero-order valence-electron chi connectivity index (χ0n) is 13.4. The highest BCUT2D eigenvalue weighted by atomic mass is 79.9. The summed E-state index contributed by atoms with van der Waals surface area (Å²) in [5.41, 5.74) is 0.793. The van der Waals surface area contributed by atoms with E-state index in [2.05, 4.69) is 31.1 Å². The molecule has 1 amide bonds. The number of hydrogen-bond donors (Lipinski definition) is 1. The molecule has 25 heavy (non-hydrogen) atoms. The number of amides is 1. The molecule has 2 aliphatic heterocycles. The van der Waals surface area contributed by atoms with Crippen molar-refractivity contribution in [3.63, 3.8) is 0 Å². The van der Waals surface area contributed by atoms with E-state index >= 15 is 0 Å². The third kappa shape index (κ3) is 3.82. The first-order valence-electron chi connectivity index (χ1n) is 8.07. The fourth-order valence-corrected chi connectivity index (χ4v) is 3.86. The molecule has 5 nitrogen and oxygen atoms in total. The third-order valence-electron chi connectivity index (χ3n) is 4.01. The van der Waals surface area contributed by atoms with Crippen LogP contribution < -0.4 is 10.2 Å². The summed E-state index contributed by atoms with van der Waals surface area (Å²) >= 11 is 4.71. The van der Waals surface area contributed by atoms with Crippen molar-refractivity contribution in [3.05, 3.63) is 51.5 Å². The quantitative estimate of drug-likeness (QED) is 0.744. The molecule has 7 heteroatoms. The highest BCUT2D eigenvalue weighted by molar-refractivity contribution is 9.10. The molecule has 1 aromatic carbocycles. The summed E-state index contributed by atoms with van der Waals surface area (Å²) in [6.07, 6.45) is 4.17. The van der Waals surface area contributed by atoms with E-state index in [1.165, 1.54) is 24.6 Å². The number of aliphatic imine (C=N–C) groups is 1. The summed E-state index contributed by atoms with van der Waals surface area (Å²) in [6.45, 7) is 2.06. The molecule has 4 rings (SSSR count). The Morgan fingerprint density at radius 2 is 1.92 bits per heavy atom. The van der Waals surface area contributed by atoms with Gasteiger partial charge in [0, 0.05) is 29.7 Å². The minimum atomic E-state index is -0.153. The van der Waals surface area contributed by atoms with Crippen LogP contribution in [0.5, 0.6) is 0 Å². The Bertz CT molecular complexity index is 851. The molecular weight excluding hydrogens is 402 g/mol. The van der Waals surface area contributed by atoms with Crippen LogP contribution in [0.1, 0.15) is 18.6 Å². The van der Waals surface area contributed by atoms with E-state index in [0.29, 0.717) is 15.8 Å². The highest BCUT2D eigenvalue weighted by Crippen LogP contribution is 2.30. The van der Waals surface area contributed by atoms with E-state index in [9.17, 15) is 4.79 Å². The van der Waals surface area contributed by atoms with E-state index in [4.69, 9.17) is 4.42 Å². The molecule has 1 aromatic heterocycles. The summed E-state index contributed by atoms with van der Waals surface area (Å²) in [5, 5.41) is 3.37. The van der Waals surface area contributed by atoms with Crippen LogP contribution in [0.15, 0.2) is 55.2 Å². The van der Waals surface area contributed by atoms with Crippen molar-refractivity contribution in [2.24, 2.45) is 4.99 Å². The second kappa shape index (κ2) is 7.09. The molecule has 0 spiro atoms. The number of amidine groups is 1. The van der Waals surface area contributed by atoms with Crippen LogP contribution in [-0.4, -0.2) is 24.2 Å². The lowest BCUT2D eigenvalue weighted by Crippen LogP contribution is -2.19. The highest BCUT2D eigenvalue weighted by Gasteiger charge is 2.24. The molecule has 2 saturated heterocycles. The zero-order valence-corrected chi connectivity index (χ0v) is 15.8. The number of thioether (sulfide) groups is 1. The fourth-order valence-electron chi connectivity index (χ4n) is 2.77. The maximum absolute atomic E-state index is 12.2. The third-order valence-corrected chi connectivity index (χ3v) is 5.45. The summed E-state index contributed by atoms with van der Waals surface area (Å²) in [5.74, 6) is 1.40. The number of carbonyl (C=O) groups is 1. The molecule has 0 saturated carbocycles. The lowest BCUT2D eigenvalue weighted by atomic mass is 10.3. The van der Waals surface area contributed by atoms with Crippen LogP contribution >= 0.6 is 27.7 Å². The van der Waals surface area contributed by atoms with Gasteiger partial charge in [-0.2, -0.15) is 0 Å². The first-order valence-corrected chi connectivity index (χ1v) is 9.68. The van der Waals surface area contributed by atoms with E-state index in [0.717, 1.165) is 29.1 Å². The average molecular weight is 418 g/mol. The second-order valence-electron chi connectivity index (χ2n) is 5.83.